The predicted octanol–water partition coefficient (Wildman–Crippen LogP) is 4.99. The Balaban J connectivity index is 0.00000104. The average molecular weight is 369 g/mol. The maximum Gasteiger partial charge on any atom is 0.141 e. The lowest BCUT2D eigenvalue weighted by Gasteiger charge is -2.50. The molecule has 1 aromatic carbocycles. The summed E-state index contributed by atoms with van der Waals surface area (Å²) < 4.78 is 15.3. The predicted molar refractivity (Wildman–Crippen MR) is 102 cm³/mol. The second kappa shape index (κ2) is 7.81. The van der Waals surface area contributed by atoms with Crippen molar-refractivity contribution in [3.8, 4) is 0 Å². The Labute approximate surface area is 155 Å². The summed E-state index contributed by atoms with van der Waals surface area (Å²) in [7, 11) is 0. The first-order valence-corrected chi connectivity index (χ1v) is 8.12. The number of hydrogen-bond donors (Lipinski definition) is 0. The van der Waals surface area contributed by atoms with E-state index in [9.17, 15) is 0 Å². The Morgan fingerprint density at radius 2 is 2.04 bits per heavy atom. The van der Waals surface area contributed by atoms with Crippen LogP contribution in [-0.4, -0.2) is 29.0 Å². The third-order valence-electron chi connectivity index (χ3n) is 5.47. The number of fused-ring (bicyclic) bond motifs is 4. The fraction of sp³-hybridized carbons (Fsp3) is 0.421. The number of para-hydroxylation sites is 1. The molecule has 5 rings (SSSR count). The second-order valence-electron chi connectivity index (χ2n) is 6.57. The molecule has 2 bridgehead atoms. The van der Waals surface area contributed by atoms with Crippen LogP contribution >= 0.6 is 24.8 Å². The van der Waals surface area contributed by atoms with Gasteiger partial charge in [-0.15, -0.1) is 31.4 Å². The summed E-state index contributed by atoms with van der Waals surface area (Å²) in [4.78, 5) is 6.67. The molecule has 5 heteroatoms. The zero-order valence-corrected chi connectivity index (χ0v) is 15.1. The Morgan fingerprint density at radius 3 is 2.75 bits per heavy atom. The first-order valence-electron chi connectivity index (χ1n) is 8.12. The minimum absolute atomic E-state index is 0. The van der Waals surface area contributed by atoms with Crippen molar-refractivity contribution >= 4 is 35.7 Å². The maximum absolute atomic E-state index is 15.3. The highest BCUT2D eigenvalue weighted by atomic mass is 35.5. The summed E-state index contributed by atoms with van der Waals surface area (Å²) in [6.45, 7) is 5.92. The summed E-state index contributed by atoms with van der Waals surface area (Å²) in [5.74, 6) is 1.13. The molecule has 4 heterocycles. The van der Waals surface area contributed by atoms with E-state index in [4.69, 9.17) is 0 Å². The molecule has 1 unspecified atom stereocenters. The third kappa shape index (κ3) is 3.17. The van der Waals surface area contributed by atoms with Crippen molar-refractivity contribution in [2.75, 3.05) is 13.1 Å². The lowest BCUT2D eigenvalue weighted by molar-refractivity contribution is -0.0183. The van der Waals surface area contributed by atoms with Crippen LogP contribution in [0.5, 0.6) is 0 Å². The van der Waals surface area contributed by atoms with E-state index in [0.717, 1.165) is 36.0 Å². The molecule has 0 amide bonds. The van der Waals surface area contributed by atoms with E-state index >= 15 is 4.39 Å². The van der Waals surface area contributed by atoms with Gasteiger partial charge in [0.25, 0.3) is 0 Å². The molecule has 0 radical (unpaired) electrons. The van der Waals surface area contributed by atoms with Crippen molar-refractivity contribution in [2.24, 2.45) is 11.8 Å². The van der Waals surface area contributed by atoms with Gasteiger partial charge in [-0.1, -0.05) is 24.3 Å². The van der Waals surface area contributed by atoms with Crippen LogP contribution in [0.15, 0.2) is 49.2 Å². The summed E-state index contributed by atoms with van der Waals surface area (Å²) >= 11 is 0. The molecular weight excluding hydrogens is 346 g/mol. The number of alkyl halides is 1. The van der Waals surface area contributed by atoms with Crippen LogP contribution in [0.1, 0.15) is 24.6 Å². The summed E-state index contributed by atoms with van der Waals surface area (Å²) in [6.07, 6.45) is 4.96. The Kier molecular flexibility index (Phi) is 6.24. The number of hydrogen-bond acceptors (Lipinski definition) is 2. The average Bonchev–Trinajstić information content (AvgIpc) is 2.60. The van der Waals surface area contributed by atoms with Gasteiger partial charge in [0.1, 0.15) is 6.17 Å². The van der Waals surface area contributed by atoms with Crippen LogP contribution < -0.4 is 0 Å². The topological polar surface area (TPSA) is 16.1 Å². The van der Waals surface area contributed by atoms with Crippen molar-refractivity contribution in [1.82, 2.24) is 9.88 Å². The van der Waals surface area contributed by atoms with E-state index < -0.39 is 6.17 Å². The first-order chi connectivity index (χ1) is 10.8. The van der Waals surface area contributed by atoms with Crippen molar-refractivity contribution in [3.05, 3.63) is 54.7 Å². The first kappa shape index (κ1) is 19.2. The molecule has 130 valence electrons. The van der Waals surface area contributed by atoms with Gasteiger partial charge in [0, 0.05) is 24.2 Å². The van der Waals surface area contributed by atoms with E-state index in [1.165, 1.54) is 6.42 Å². The van der Waals surface area contributed by atoms with Gasteiger partial charge in [0.05, 0.1) is 5.52 Å². The van der Waals surface area contributed by atoms with Crippen LogP contribution in [0.4, 0.5) is 4.39 Å². The van der Waals surface area contributed by atoms with Crippen molar-refractivity contribution < 1.29 is 4.39 Å². The maximum atomic E-state index is 15.3. The largest absolute Gasteiger partial charge is 0.297 e. The van der Waals surface area contributed by atoms with Crippen LogP contribution in [-0.2, 0) is 0 Å². The summed E-state index contributed by atoms with van der Waals surface area (Å²) in [6, 6.07) is 9.69. The summed E-state index contributed by atoms with van der Waals surface area (Å²) in [5.41, 5.74) is 1.67. The SMILES string of the molecule is C=C[C@H]1CN2CC[C@H]1C[C@@H]2[C@@H](F)c1ccnc2ccccc12.Cl.Cl. The molecule has 2 aromatic rings. The molecule has 3 aliphatic rings. The van der Waals surface area contributed by atoms with Gasteiger partial charge in [-0.2, -0.15) is 0 Å². The fourth-order valence-corrected chi connectivity index (χ4v) is 4.25. The van der Waals surface area contributed by atoms with Crippen molar-refractivity contribution in [1.29, 1.82) is 0 Å². The number of rotatable bonds is 3. The van der Waals surface area contributed by atoms with Gasteiger partial charge in [-0.3, -0.25) is 9.88 Å². The van der Waals surface area contributed by atoms with Gasteiger partial charge in [-0.25, -0.2) is 4.39 Å². The highest BCUT2D eigenvalue weighted by Gasteiger charge is 2.42. The lowest BCUT2D eigenvalue weighted by Crippen LogP contribution is -2.54. The Bertz CT molecular complexity index is 703. The van der Waals surface area contributed by atoms with Crippen LogP contribution in [0.3, 0.4) is 0 Å². The van der Waals surface area contributed by atoms with Crippen LogP contribution in [0.25, 0.3) is 10.9 Å². The van der Waals surface area contributed by atoms with Gasteiger partial charge < -0.3 is 0 Å². The number of benzene rings is 1. The molecule has 0 saturated carbocycles. The minimum atomic E-state index is -0.943. The molecule has 3 saturated heterocycles. The van der Waals surface area contributed by atoms with Gasteiger partial charge >= 0.3 is 0 Å². The zero-order valence-electron chi connectivity index (χ0n) is 13.5. The Morgan fingerprint density at radius 1 is 1.25 bits per heavy atom. The molecule has 3 fully saturated rings. The van der Waals surface area contributed by atoms with E-state index in [-0.39, 0.29) is 30.9 Å². The minimum Gasteiger partial charge on any atom is -0.297 e. The molecule has 5 atom stereocenters. The quantitative estimate of drug-likeness (QED) is 0.709. The van der Waals surface area contributed by atoms with E-state index in [1.54, 1.807) is 6.20 Å². The molecule has 1 aromatic heterocycles. The Hall–Kier alpha value is -1.16. The third-order valence-corrected chi connectivity index (χ3v) is 5.47. The molecule has 0 aliphatic carbocycles. The smallest absolute Gasteiger partial charge is 0.141 e. The molecule has 2 nitrogen and oxygen atoms in total. The molecule has 24 heavy (non-hydrogen) atoms. The van der Waals surface area contributed by atoms with E-state index in [1.807, 2.05) is 30.3 Å². The van der Waals surface area contributed by atoms with Crippen molar-refractivity contribution in [2.45, 2.75) is 25.1 Å². The molecule has 0 N–H and O–H groups in total. The zero-order chi connectivity index (χ0) is 15.1. The van der Waals surface area contributed by atoms with Crippen molar-refractivity contribution in [3.63, 3.8) is 0 Å². The van der Waals surface area contributed by atoms with E-state index in [0.29, 0.717) is 11.8 Å². The molecule has 0 spiro atoms. The van der Waals surface area contributed by atoms with Crippen LogP contribution in [0, 0.1) is 11.8 Å². The number of pyridine rings is 1. The number of aromatic nitrogens is 1. The standard InChI is InChI=1S/C19H21FN2.2ClH/c1-2-13-12-22-10-8-14(13)11-18(22)19(20)16-7-9-21-17-6-4-3-5-15(16)17;;/h2-7,9,13-14,18-19H,1,8,10-12H2;2*1H/t13-,14-,18+,19-;;/m0../s1. The summed E-state index contributed by atoms with van der Waals surface area (Å²) in [5, 5.41) is 0.945. The van der Waals surface area contributed by atoms with Gasteiger partial charge in [0.2, 0.25) is 0 Å². The molecule has 3 aliphatic heterocycles. The second-order valence-corrected chi connectivity index (χ2v) is 6.57. The monoisotopic (exact) mass is 368 g/mol. The highest BCUT2D eigenvalue weighted by molar-refractivity contribution is 5.85. The molecular formula is C19H23Cl2FN2. The van der Waals surface area contributed by atoms with E-state index in [2.05, 4.69) is 22.5 Å². The highest BCUT2D eigenvalue weighted by Crippen LogP contribution is 2.43. The number of halogens is 3. The van der Waals surface area contributed by atoms with Gasteiger partial charge in [0.15, 0.2) is 0 Å². The number of nitrogens with zero attached hydrogens (tertiary/aromatic N) is 2. The lowest BCUT2D eigenvalue weighted by atomic mass is 9.74. The fourth-order valence-electron chi connectivity index (χ4n) is 4.25. The normalized spacial score (nSPS) is 29.4. The van der Waals surface area contributed by atoms with Crippen LogP contribution in [0.2, 0.25) is 0 Å². The van der Waals surface area contributed by atoms with Gasteiger partial charge in [-0.05, 0) is 48.9 Å². The number of piperidine rings is 3.